The van der Waals surface area contributed by atoms with Crippen LogP contribution < -0.4 is 10.6 Å². The van der Waals surface area contributed by atoms with Crippen molar-refractivity contribution in [3.63, 3.8) is 0 Å². The Labute approximate surface area is 195 Å². The van der Waals surface area contributed by atoms with Gasteiger partial charge >= 0.3 is 6.18 Å². The van der Waals surface area contributed by atoms with Gasteiger partial charge in [0.25, 0.3) is 0 Å². The number of hydrogen-bond acceptors (Lipinski definition) is 2. The molecule has 2 unspecified atom stereocenters. The molecule has 1 heterocycles. The first kappa shape index (κ1) is 24.6. The van der Waals surface area contributed by atoms with Crippen LogP contribution in [0.4, 0.5) is 13.2 Å². The summed E-state index contributed by atoms with van der Waals surface area (Å²) in [5, 5.41) is 6.00. The number of alkyl halides is 3. The van der Waals surface area contributed by atoms with Crippen LogP contribution in [-0.4, -0.2) is 30.1 Å². The van der Waals surface area contributed by atoms with Crippen molar-refractivity contribution in [1.29, 1.82) is 0 Å². The fourth-order valence-electron chi connectivity index (χ4n) is 8.10. The maximum Gasteiger partial charge on any atom is 0.393 e. The Balaban J connectivity index is 1.52. The number of hydrogen-bond donors (Lipinski definition) is 2. The SMILES string of the molecule is CC(C)C(NC(=O)[C@H]1CC[C@H]2[C@@H]3CC[C@H]4NC(=O)C=C[C@]4(C)[C@H]3CC[C@]12C)C(C)C(F)(F)F. The molecule has 3 saturated carbocycles. The van der Waals surface area contributed by atoms with Crippen molar-refractivity contribution >= 4 is 11.8 Å². The Morgan fingerprint density at radius 1 is 1.09 bits per heavy atom. The molecular weight excluding hydrogens is 429 g/mol. The minimum absolute atomic E-state index is 0.0121. The van der Waals surface area contributed by atoms with E-state index in [1.54, 1.807) is 19.9 Å². The zero-order chi connectivity index (χ0) is 24.3. The maximum absolute atomic E-state index is 13.4. The number of halogens is 3. The van der Waals surface area contributed by atoms with Gasteiger partial charge in [-0.05, 0) is 73.7 Å². The van der Waals surface area contributed by atoms with Gasteiger partial charge in [0.1, 0.15) is 0 Å². The Morgan fingerprint density at radius 3 is 2.42 bits per heavy atom. The van der Waals surface area contributed by atoms with Crippen LogP contribution in [0.5, 0.6) is 0 Å². The van der Waals surface area contributed by atoms with Crippen molar-refractivity contribution in [2.75, 3.05) is 0 Å². The first-order valence-electron chi connectivity index (χ1n) is 12.7. The van der Waals surface area contributed by atoms with Gasteiger partial charge in [-0.3, -0.25) is 9.59 Å². The summed E-state index contributed by atoms with van der Waals surface area (Å²) in [5.74, 6) is -0.981. The molecule has 7 heteroatoms. The monoisotopic (exact) mass is 468 g/mol. The topological polar surface area (TPSA) is 58.2 Å². The number of rotatable bonds is 4. The molecular formula is C26H39F3N2O2. The maximum atomic E-state index is 13.4. The van der Waals surface area contributed by atoms with Gasteiger partial charge in [0.05, 0.1) is 5.92 Å². The van der Waals surface area contributed by atoms with Gasteiger partial charge in [0, 0.05) is 23.4 Å². The molecule has 0 aromatic rings. The third-order valence-electron chi connectivity index (χ3n) is 10.1. The molecule has 33 heavy (non-hydrogen) atoms. The van der Waals surface area contributed by atoms with Crippen molar-refractivity contribution in [2.45, 2.75) is 91.4 Å². The van der Waals surface area contributed by atoms with E-state index in [0.717, 1.165) is 38.5 Å². The molecule has 0 saturated heterocycles. The van der Waals surface area contributed by atoms with Gasteiger partial charge in [-0.25, -0.2) is 0 Å². The van der Waals surface area contributed by atoms with Gasteiger partial charge in [-0.15, -0.1) is 0 Å². The van der Waals surface area contributed by atoms with Crippen LogP contribution >= 0.6 is 0 Å². The lowest BCUT2D eigenvalue weighted by Crippen LogP contribution is -2.60. The van der Waals surface area contributed by atoms with Crippen LogP contribution in [0.1, 0.15) is 73.1 Å². The molecule has 3 fully saturated rings. The molecule has 4 aliphatic rings. The van der Waals surface area contributed by atoms with Crippen LogP contribution in [0.3, 0.4) is 0 Å². The summed E-state index contributed by atoms with van der Waals surface area (Å²) in [6, 6.07) is -0.751. The van der Waals surface area contributed by atoms with E-state index in [0.29, 0.717) is 17.8 Å². The third-order valence-corrected chi connectivity index (χ3v) is 10.1. The van der Waals surface area contributed by atoms with E-state index in [4.69, 9.17) is 0 Å². The number of carbonyl (C=O) groups is 2. The van der Waals surface area contributed by atoms with Gasteiger partial charge in [-0.2, -0.15) is 13.2 Å². The standard InChI is InChI=1S/C26H39F3N2O2/c1-14(2)22(15(3)26(27,28)29)31-23(33)19-8-7-17-16-6-9-20-25(5,13-11-21(32)30-20)18(16)10-12-24(17,19)4/h11,13-20,22H,6-10,12H2,1-5H3,(H,30,32)(H,31,33)/t15?,16-,17-,18-,19+,20+,22?,24-,25+/m0/s1. The predicted molar refractivity (Wildman–Crippen MR) is 121 cm³/mol. The highest BCUT2D eigenvalue weighted by Gasteiger charge is 2.61. The number of carbonyl (C=O) groups excluding carboxylic acids is 2. The normalized spacial score (nSPS) is 42.1. The van der Waals surface area contributed by atoms with Gasteiger partial charge in [0.15, 0.2) is 0 Å². The lowest BCUT2D eigenvalue weighted by atomic mass is 9.48. The van der Waals surface area contributed by atoms with Gasteiger partial charge in [-0.1, -0.05) is 40.7 Å². The molecule has 0 aromatic carbocycles. The summed E-state index contributed by atoms with van der Waals surface area (Å²) in [7, 11) is 0. The van der Waals surface area contributed by atoms with E-state index < -0.39 is 18.1 Å². The minimum atomic E-state index is -4.33. The fourth-order valence-corrected chi connectivity index (χ4v) is 8.10. The number of fused-ring (bicyclic) bond motifs is 5. The summed E-state index contributed by atoms with van der Waals surface area (Å²) in [6.45, 7) is 9.12. The van der Waals surface area contributed by atoms with E-state index in [2.05, 4.69) is 30.6 Å². The molecule has 3 aliphatic carbocycles. The van der Waals surface area contributed by atoms with Crippen LogP contribution in [-0.2, 0) is 9.59 Å². The van der Waals surface area contributed by atoms with E-state index in [1.807, 2.05) is 0 Å². The van der Waals surface area contributed by atoms with E-state index in [9.17, 15) is 22.8 Å². The average molecular weight is 469 g/mol. The van der Waals surface area contributed by atoms with Crippen molar-refractivity contribution in [2.24, 2.45) is 46.3 Å². The Hall–Kier alpha value is -1.53. The third kappa shape index (κ3) is 4.01. The lowest BCUT2D eigenvalue weighted by molar-refractivity contribution is -0.181. The Kier molecular flexibility index (Phi) is 6.18. The molecule has 0 radical (unpaired) electrons. The van der Waals surface area contributed by atoms with Crippen molar-refractivity contribution < 1.29 is 22.8 Å². The number of amides is 2. The molecule has 0 aromatic heterocycles. The predicted octanol–water partition coefficient (Wildman–Crippen LogP) is 5.24. The minimum Gasteiger partial charge on any atom is -0.352 e. The van der Waals surface area contributed by atoms with E-state index in [-0.39, 0.29) is 40.5 Å². The first-order chi connectivity index (χ1) is 15.3. The lowest BCUT2D eigenvalue weighted by Gasteiger charge is -2.58. The zero-order valence-electron chi connectivity index (χ0n) is 20.5. The molecule has 9 atom stereocenters. The largest absolute Gasteiger partial charge is 0.393 e. The smallest absolute Gasteiger partial charge is 0.352 e. The quantitative estimate of drug-likeness (QED) is 0.593. The first-order valence-corrected chi connectivity index (χ1v) is 12.7. The van der Waals surface area contributed by atoms with Crippen LogP contribution in [0.15, 0.2) is 12.2 Å². The molecule has 2 amide bonds. The van der Waals surface area contributed by atoms with Gasteiger partial charge < -0.3 is 10.6 Å². The summed E-state index contributed by atoms with van der Waals surface area (Å²) in [6.07, 6.45) is 5.01. The highest BCUT2D eigenvalue weighted by molar-refractivity contribution is 5.89. The molecule has 0 bridgehead atoms. The second-order valence-corrected chi connectivity index (χ2v) is 12.0. The Morgan fingerprint density at radius 2 is 1.79 bits per heavy atom. The van der Waals surface area contributed by atoms with Gasteiger partial charge in [0.2, 0.25) is 11.8 Å². The van der Waals surface area contributed by atoms with Crippen LogP contribution in [0, 0.1) is 46.3 Å². The summed E-state index contributed by atoms with van der Waals surface area (Å²) < 4.78 is 40.3. The molecule has 4 nitrogen and oxygen atoms in total. The van der Waals surface area contributed by atoms with Crippen molar-refractivity contribution in [3.8, 4) is 0 Å². The zero-order valence-corrected chi connectivity index (χ0v) is 20.5. The van der Waals surface area contributed by atoms with Crippen molar-refractivity contribution in [3.05, 3.63) is 12.2 Å². The number of nitrogens with one attached hydrogen (secondary N) is 2. The molecule has 186 valence electrons. The van der Waals surface area contributed by atoms with E-state index >= 15 is 0 Å². The molecule has 2 N–H and O–H groups in total. The van der Waals surface area contributed by atoms with Crippen molar-refractivity contribution in [1.82, 2.24) is 10.6 Å². The molecule has 1 aliphatic heterocycles. The highest BCUT2D eigenvalue weighted by atomic mass is 19.4. The summed E-state index contributed by atoms with van der Waals surface area (Å²) in [4.78, 5) is 25.3. The Bertz CT molecular complexity index is 825. The highest BCUT2D eigenvalue weighted by Crippen LogP contribution is 2.65. The summed E-state index contributed by atoms with van der Waals surface area (Å²) in [5.41, 5.74) is -0.248. The summed E-state index contributed by atoms with van der Waals surface area (Å²) >= 11 is 0. The second-order valence-electron chi connectivity index (χ2n) is 12.0. The molecule has 0 spiro atoms. The van der Waals surface area contributed by atoms with Crippen LogP contribution in [0.2, 0.25) is 0 Å². The second kappa shape index (κ2) is 8.30. The van der Waals surface area contributed by atoms with E-state index in [1.165, 1.54) is 6.92 Å². The average Bonchev–Trinajstić information content (AvgIpc) is 3.08. The molecule has 4 rings (SSSR count). The van der Waals surface area contributed by atoms with Crippen LogP contribution in [0.25, 0.3) is 0 Å². The fraction of sp³-hybridized carbons (Fsp3) is 0.846.